The van der Waals surface area contributed by atoms with Gasteiger partial charge in [0.2, 0.25) is 5.91 Å². The van der Waals surface area contributed by atoms with Gasteiger partial charge < -0.3 is 23.9 Å². The molecule has 30 heavy (non-hydrogen) atoms. The highest BCUT2D eigenvalue weighted by molar-refractivity contribution is 6.03. The predicted octanol–water partition coefficient (Wildman–Crippen LogP) is 3.63. The molecular weight excluding hydrogens is 382 g/mol. The Bertz CT molecular complexity index is 922. The van der Waals surface area contributed by atoms with Crippen molar-refractivity contribution in [2.45, 2.75) is 76.9 Å². The highest BCUT2D eigenvalue weighted by Gasteiger charge is 2.48. The van der Waals surface area contributed by atoms with E-state index in [0.717, 1.165) is 37.0 Å². The minimum Gasteiger partial charge on any atom is -0.460 e. The average molecular weight is 416 g/mol. The number of carbonyl (C=O) groups excluding carboxylic acids is 2. The lowest BCUT2D eigenvalue weighted by atomic mass is 9.92. The Morgan fingerprint density at radius 1 is 1.23 bits per heavy atom. The van der Waals surface area contributed by atoms with Crippen LogP contribution in [0.5, 0.6) is 0 Å². The number of hydrogen-bond donors (Lipinski definition) is 1. The molecule has 4 rings (SSSR count). The summed E-state index contributed by atoms with van der Waals surface area (Å²) in [5, 5.41) is 3.29. The fourth-order valence-corrected chi connectivity index (χ4v) is 4.93. The second kappa shape index (κ2) is 8.46. The first kappa shape index (κ1) is 21.0. The van der Waals surface area contributed by atoms with Crippen LogP contribution in [-0.2, 0) is 16.1 Å². The van der Waals surface area contributed by atoms with Gasteiger partial charge in [0.15, 0.2) is 5.58 Å². The molecule has 7 heteroatoms. The number of aromatic nitrogens is 1. The number of carbonyl (C=O) groups is 2. The van der Waals surface area contributed by atoms with Crippen molar-refractivity contribution >= 4 is 22.9 Å². The molecule has 1 aliphatic heterocycles. The van der Waals surface area contributed by atoms with E-state index in [4.69, 9.17) is 9.15 Å². The number of furan rings is 1. The molecule has 2 aromatic heterocycles. The summed E-state index contributed by atoms with van der Waals surface area (Å²) in [4.78, 5) is 28.7. The van der Waals surface area contributed by atoms with Crippen LogP contribution in [0.2, 0.25) is 0 Å². The SMILES string of the molecule is COCCN1C(=O)c2cc3oc(C)cc3n2C[C@]1(C)C(=O)NC1CCCCCCC1. The van der Waals surface area contributed by atoms with Crippen molar-refractivity contribution in [3.63, 3.8) is 0 Å². The molecule has 7 nitrogen and oxygen atoms in total. The van der Waals surface area contributed by atoms with Crippen LogP contribution in [0.25, 0.3) is 11.1 Å². The molecule has 2 aromatic rings. The van der Waals surface area contributed by atoms with Crippen molar-refractivity contribution in [3.05, 3.63) is 23.6 Å². The van der Waals surface area contributed by atoms with Crippen molar-refractivity contribution in [2.75, 3.05) is 20.3 Å². The van der Waals surface area contributed by atoms with Crippen LogP contribution in [0, 0.1) is 6.92 Å². The van der Waals surface area contributed by atoms with E-state index >= 15 is 0 Å². The van der Waals surface area contributed by atoms with Gasteiger partial charge in [-0.15, -0.1) is 0 Å². The molecule has 0 unspecified atom stereocenters. The quantitative estimate of drug-likeness (QED) is 0.809. The number of rotatable bonds is 5. The molecule has 2 aliphatic rings. The summed E-state index contributed by atoms with van der Waals surface area (Å²) < 4.78 is 12.9. The zero-order valence-corrected chi connectivity index (χ0v) is 18.3. The van der Waals surface area contributed by atoms with Gasteiger partial charge in [-0.05, 0) is 26.7 Å². The van der Waals surface area contributed by atoms with Crippen LogP contribution in [0.15, 0.2) is 16.5 Å². The Balaban J connectivity index is 1.65. The van der Waals surface area contributed by atoms with Gasteiger partial charge in [-0.2, -0.15) is 0 Å². The van der Waals surface area contributed by atoms with Crippen molar-refractivity contribution < 1.29 is 18.7 Å². The second-order valence-corrected chi connectivity index (χ2v) is 8.96. The topological polar surface area (TPSA) is 76.7 Å². The van der Waals surface area contributed by atoms with Crippen molar-refractivity contribution in [3.8, 4) is 0 Å². The summed E-state index contributed by atoms with van der Waals surface area (Å²) in [5.41, 5.74) is 1.14. The van der Waals surface area contributed by atoms with Gasteiger partial charge in [0.05, 0.1) is 18.7 Å². The monoisotopic (exact) mass is 415 g/mol. The van der Waals surface area contributed by atoms with Gasteiger partial charge in [-0.25, -0.2) is 0 Å². The summed E-state index contributed by atoms with van der Waals surface area (Å²) in [6, 6.07) is 3.90. The molecule has 164 valence electrons. The van der Waals surface area contributed by atoms with E-state index in [-0.39, 0.29) is 17.9 Å². The average Bonchev–Trinajstić information content (AvgIpc) is 3.20. The van der Waals surface area contributed by atoms with Gasteiger partial charge in [-0.1, -0.05) is 32.1 Å². The van der Waals surface area contributed by atoms with Crippen molar-refractivity contribution in [1.82, 2.24) is 14.8 Å². The number of hydrogen-bond acceptors (Lipinski definition) is 4. The van der Waals surface area contributed by atoms with Crippen LogP contribution in [-0.4, -0.2) is 53.1 Å². The van der Waals surface area contributed by atoms with Crippen molar-refractivity contribution in [2.24, 2.45) is 0 Å². The third-order valence-electron chi connectivity index (χ3n) is 6.69. The molecule has 0 aromatic carbocycles. The number of aryl methyl sites for hydroxylation is 1. The maximum absolute atomic E-state index is 13.6. The van der Waals surface area contributed by atoms with E-state index in [2.05, 4.69) is 5.32 Å². The molecule has 2 amide bonds. The number of ether oxygens (including phenoxy) is 1. The third-order valence-corrected chi connectivity index (χ3v) is 6.69. The molecule has 3 heterocycles. The molecule has 0 saturated heterocycles. The second-order valence-electron chi connectivity index (χ2n) is 8.96. The van der Waals surface area contributed by atoms with E-state index in [1.54, 1.807) is 18.1 Å². The highest BCUT2D eigenvalue weighted by atomic mass is 16.5. The Kier molecular flexibility index (Phi) is 5.91. The molecule has 1 fully saturated rings. The Hall–Kier alpha value is -2.28. The maximum atomic E-state index is 13.6. The molecule has 1 saturated carbocycles. The van der Waals surface area contributed by atoms with Gasteiger partial charge in [0.1, 0.15) is 17.0 Å². The zero-order valence-electron chi connectivity index (χ0n) is 18.3. The number of methoxy groups -OCH3 is 1. The van der Waals surface area contributed by atoms with Crippen LogP contribution in [0.4, 0.5) is 0 Å². The smallest absolute Gasteiger partial charge is 0.271 e. The number of fused-ring (bicyclic) bond motifs is 3. The summed E-state index contributed by atoms with van der Waals surface area (Å²) in [5.74, 6) is 0.563. The van der Waals surface area contributed by atoms with Gasteiger partial charge in [-0.3, -0.25) is 9.59 Å². The van der Waals surface area contributed by atoms with Crippen molar-refractivity contribution in [1.29, 1.82) is 0 Å². The third kappa shape index (κ3) is 3.75. The summed E-state index contributed by atoms with van der Waals surface area (Å²) >= 11 is 0. The Morgan fingerprint density at radius 3 is 2.63 bits per heavy atom. The van der Waals surface area contributed by atoms with E-state index in [1.807, 2.05) is 24.5 Å². The number of nitrogens with zero attached hydrogens (tertiary/aromatic N) is 2. The lowest BCUT2D eigenvalue weighted by Crippen LogP contribution is -2.65. The molecule has 0 bridgehead atoms. The van der Waals surface area contributed by atoms with E-state index < -0.39 is 5.54 Å². The normalized spacial score (nSPS) is 23.3. The van der Waals surface area contributed by atoms with Gasteiger partial charge in [0.25, 0.3) is 5.91 Å². The van der Waals surface area contributed by atoms with E-state index in [0.29, 0.717) is 31.0 Å². The lowest BCUT2D eigenvalue weighted by Gasteiger charge is -2.44. The van der Waals surface area contributed by atoms with Crippen LogP contribution >= 0.6 is 0 Å². The highest BCUT2D eigenvalue weighted by Crippen LogP contribution is 2.33. The first-order valence-corrected chi connectivity index (χ1v) is 11.2. The van der Waals surface area contributed by atoms with Crippen LogP contribution in [0.3, 0.4) is 0 Å². The van der Waals surface area contributed by atoms with E-state index in [9.17, 15) is 9.59 Å². The van der Waals surface area contributed by atoms with Crippen LogP contribution < -0.4 is 5.32 Å². The lowest BCUT2D eigenvalue weighted by molar-refractivity contribution is -0.134. The predicted molar refractivity (Wildman–Crippen MR) is 115 cm³/mol. The molecular formula is C23H33N3O4. The minimum atomic E-state index is -0.984. The fraction of sp³-hybridized carbons (Fsp3) is 0.652. The molecule has 1 N–H and O–H groups in total. The number of nitrogens with one attached hydrogen (secondary N) is 1. The standard InChI is InChI=1S/C23H33N3O4/c1-16-13-18-20(30-16)14-19-21(27)26(11-12-29-3)23(2,15-25(18)19)22(28)24-17-9-7-5-4-6-8-10-17/h13-14,17H,4-12,15H2,1-3H3,(H,24,28)/t23-/m1/s1. The molecule has 0 radical (unpaired) electrons. The minimum absolute atomic E-state index is 0.0785. The van der Waals surface area contributed by atoms with Crippen LogP contribution in [0.1, 0.15) is 68.1 Å². The van der Waals surface area contributed by atoms with E-state index in [1.165, 1.54) is 19.3 Å². The summed E-state index contributed by atoms with van der Waals surface area (Å²) in [6.07, 6.45) is 8.05. The molecule has 0 spiro atoms. The summed E-state index contributed by atoms with van der Waals surface area (Å²) in [7, 11) is 1.61. The van der Waals surface area contributed by atoms with Gasteiger partial charge in [0, 0.05) is 31.8 Å². The largest absolute Gasteiger partial charge is 0.460 e. The van der Waals surface area contributed by atoms with Gasteiger partial charge >= 0.3 is 0 Å². The molecule has 1 aliphatic carbocycles. The maximum Gasteiger partial charge on any atom is 0.271 e. The number of amides is 2. The zero-order chi connectivity index (χ0) is 21.3. The first-order valence-electron chi connectivity index (χ1n) is 11.2. The molecule has 1 atom stereocenters. The summed E-state index contributed by atoms with van der Waals surface area (Å²) in [6.45, 7) is 4.92. The Labute approximate surface area is 177 Å². The fourth-order valence-electron chi connectivity index (χ4n) is 4.93. The first-order chi connectivity index (χ1) is 14.4. The Morgan fingerprint density at radius 2 is 1.93 bits per heavy atom.